The second kappa shape index (κ2) is 35.1. The van der Waals surface area contributed by atoms with E-state index < -0.39 is 52.6 Å². The van der Waals surface area contributed by atoms with E-state index in [0.29, 0.717) is 37.3 Å². The maximum absolute atomic E-state index is 12.3. The summed E-state index contributed by atoms with van der Waals surface area (Å²) in [6, 6.07) is 6.78. The van der Waals surface area contributed by atoms with Gasteiger partial charge in [-0.05, 0) is 120 Å². The molecule has 19 nitrogen and oxygen atoms in total. The van der Waals surface area contributed by atoms with Gasteiger partial charge in [0.2, 0.25) is 0 Å². The molecule has 1 aromatic rings. The fraction of sp³-hybridized carbons (Fsp3) is 0.717. The summed E-state index contributed by atoms with van der Waals surface area (Å²) in [4.78, 5) is 81.0. The minimum absolute atomic E-state index is 0. The van der Waals surface area contributed by atoms with Crippen LogP contribution in [-0.4, -0.2) is 134 Å². The van der Waals surface area contributed by atoms with E-state index in [0.717, 1.165) is 0 Å². The molecule has 0 aromatic heterocycles. The number of hydrogen-bond acceptors (Lipinski definition) is 13. The summed E-state index contributed by atoms with van der Waals surface area (Å²) in [6.07, 6.45) is -1.92. The van der Waals surface area contributed by atoms with E-state index in [2.05, 4.69) is 21.3 Å². The van der Waals surface area contributed by atoms with Gasteiger partial charge in [0.25, 0.3) is 11.8 Å². The molecule has 67 heavy (non-hydrogen) atoms. The molecule has 0 saturated carbocycles. The van der Waals surface area contributed by atoms with E-state index in [-0.39, 0.29) is 110 Å². The third-order valence-corrected chi connectivity index (χ3v) is 7.44. The third kappa shape index (κ3) is 39.6. The number of fused-ring (bicyclic) bond motifs is 1. The minimum atomic E-state index is -0.943. The number of alkyl carbamates (subject to hydrolysis) is 4. The predicted molar refractivity (Wildman–Crippen MR) is 260 cm³/mol. The predicted octanol–water partition coefficient (Wildman–Crippen LogP) is 3.93. The number of rotatable bonds is 13. The molecule has 0 aliphatic carbocycles. The van der Waals surface area contributed by atoms with Gasteiger partial charge in [-0.15, -0.1) is 0 Å². The monoisotopic (exact) mass is 966 g/mol. The van der Waals surface area contributed by atoms with Crippen molar-refractivity contribution in [1.82, 2.24) is 26.2 Å². The summed E-state index contributed by atoms with van der Waals surface area (Å²) in [5, 5.41) is 27.5. The van der Waals surface area contributed by atoms with Crippen LogP contribution in [0.25, 0.3) is 0 Å². The number of nitrogens with two attached hydrogens (primary N) is 1. The molecule has 3 radical (unpaired) electrons. The average Bonchev–Trinajstić information content (AvgIpc) is 3.36. The number of imide groups is 1. The van der Waals surface area contributed by atoms with Gasteiger partial charge >= 0.3 is 59.9 Å². The molecule has 0 saturated heterocycles. The van der Waals surface area contributed by atoms with E-state index in [9.17, 15) is 33.6 Å². The van der Waals surface area contributed by atoms with Gasteiger partial charge in [0, 0.05) is 47.7 Å². The van der Waals surface area contributed by atoms with Crippen LogP contribution in [0.4, 0.5) is 19.2 Å². The van der Waals surface area contributed by atoms with Crippen LogP contribution >= 0.6 is 0 Å². The van der Waals surface area contributed by atoms with Gasteiger partial charge in [0.15, 0.2) is 0 Å². The number of nitrogens with zero attached hydrogens (tertiary/aromatic N) is 1. The minimum Gasteiger partial charge on any atom is -1.00 e. The van der Waals surface area contributed by atoms with E-state index in [1.165, 1.54) is 11.8 Å². The average molecular weight is 966 g/mol. The van der Waals surface area contributed by atoms with Crippen LogP contribution in [0, 0.1) is 23.7 Å². The summed E-state index contributed by atoms with van der Waals surface area (Å²) < 4.78 is 20.1. The zero-order chi connectivity index (χ0) is 49.5. The summed E-state index contributed by atoms with van der Waals surface area (Å²) in [5.41, 5.74) is 4.24. The van der Waals surface area contributed by atoms with Crippen molar-refractivity contribution >= 4 is 50.6 Å². The van der Waals surface area contributed by atoms with Gasteiger partial charge in [-0.25, -0.2) is 19.2 Å². The fourth-order valence-electron chi connectivity index (χ4n) is 4.28. The zero-order valence-corrected chi connectivity index (χ0v) is 44.1. The summed E-state index contributed by atoms with van der Waals surface area (Å²) in [5.74, 6) is -1.85. The molecule has 21 heteroatoms. The van der Waals surface area contributed by atoms with Gasteiger partial charge < -0.3 is 57.6 Å². The zero-order valence-electron chi connectivity index (χ0n) is 43.1. The number of benzene rings is 1. The Hall–Kier alpha value is -4.11. The van der Waals surface area contributed by atoms with Crippen molar-refractivity contribution in [1.29, 1.82) is 0 Å². The number of aliphatic hydroxyl groups excluding tert-OH is 1. The summed E-state index contributed by atoms with van der Waals surface area (Å²) in [6.45, 7) is 31.0. The molecular formula is C46H87BN6NaO13. The number of amides is 6. The number of carbonyl (C=O) groups excluding carboxylic acids is 6. The Morgan fingerprint density at radius 3 is 1.15 bits per heavy atom. The summed E-state index contributed by atoms with van der Waals surface area (Å²) in [7, 11) is 0. The van der Waals surface area contributed by atoms with Gasteiger partial charge in [0.1, 0.15) is 22.4 Å². The molecule has 0 fully saturated rings. The Balaban J connectivity index is -0.000000148. The molecule has 1 aromatic carbocycles. The molecule has 1 aliphatic rings. The van der Waals surface area contributed by atoms with Crippen LogP contribution < -0.4 is 56.6 Å². The van der Waals surface area contributed by atoms with E-state index in [1.807, 2.05) is 62.3 Å². The van der Waals surface area contributed by atoms with Crippen LogP contribution in [0.2, 0.25) is 0 Å². The van der Waals surface area contributed by atoms with Gasteiger partial charge in [-0.1, -0.05) is 54.7 Å². The maximum atomic E-state index is 12.3. The van der Waals surface area contributed by atoms with Crippen molar-refractivity contribution < 1.29 is 93.7 Å². The molecule has 0 bridgehead atoms. The number of aliphatic carboxylic acids is 1. The Labute approximate surface area is 427 Å². The van der Waals surface area contributed by atoms with Crippen molar-refractivity contribution in [3.05, 3.63) is 35.4 Å². The molecule has 2 rings (SSSR count). The van der Waals surface area contributed by atoms with E-state index in [4.69, 9.17) is 34.9 Å². The molecule has 8 N–H and O–H groups in total. The fourth-order valence-corrected chi connectivity index (χ4v) is 4.28. The first-order chi connectivity index (χ1) is 28.6. The van der Waals surface area contributed by atoms with Crippen molar-refractivity contribution in [2.45, 2.75) is 148 Å². The number of carbonyl (C=O) groups is 7. The standard InChI is InChI=1S/C17H22N2O4.C9H20N2O2.C9H17NO4.C9H19NO3.2CH4.B.Na.H/c1-11(9-18-16(22)23-17(2,3)4)10-19-14(20)12-7-5-6-8-13(12)15(19)21;1-7(5-10)6-11-8(12)13-9(2,3)4;1-6(7(11)12)5-10-8(13)14-9(2,3)4;1-7(6-11)5-10-8(12)13-9(2,3)4;;;;;/h5-8,11H,9-10H2,1-4H3,(H,18,22);7H,5-6,10H2,1-4H3,(H,11,12);6H,5H2,1-4H3,(H,10,13)(H,11,12);7,11H,5-6H2,1-4H3,(H,10,12);2*1H4;;;/q;;;;;;;+1;-1/t11-;7-;6-;7-;;;;;/m0100...../s1. The Morgan fingerprint density at radius 2 is 0.881 bits per heavy atom. The van der Waals surface area contributed by atoms with Gasteiger partial charge in [-0.2, -0.15) is 0 Å². The van der Waals surface area contributed by atoms with E-state index >= 15 is 0 Å². The van der Waals surface area contributed by atoms with Crippen molar-refractivity contribution in [3.63, 3.8) is 0 Å². The largest absolute Gasteiger partial charge is 1.00 e. The second-order valence-corrected chi connectivity index (χ2v) is 19.3. The third-order valence-electron chi connectivity index (χ3n) is 7.44. The van der Waals surface area contributed by atoms with Gasteiger partial charge in [0.05, 0.1) is 17.0 Å². The Kier molecular flexibility index (Phi) is 39.0. The molecule has 4 atom stereocenters. The number of nitrogens with one attached hydrogen (secondary N) is 4. The number of hydrogen-bond donors (Lipinski definition) is 7. The van der Waals surface area contributed by atoms with Crippen LogP contribution in [-0.2, 0) is 23.7 Å². The normalized spacial score (nSPS) is 13.3. The van der Waals surface area contributed by atoms with Crippen LogP contribution in [0.1, 0.15) is 148 Å². The van der Waals surface area contributed by atoms with Crippen LogP contribution in [0.3, 0.4) is 0 Å². The molecule has 1 heterocycles. The summed E-state index contributed by atoms with van der Waals surface area (Å²) >= 11 is 0. The van der Waals surface area contributed by atoms with Gasteiger partial charge in [-0.3, -0.25) is 19.3 Å². The topological polar surface area (TPSA) is 274 Å². The SMILES string of the molecule is C.C.C[C@@H](CNC(=O)OC(C)(C)C)C(=O)O.C[C@@H](CNC(=O)OC(C)(C)C)CN1C(=O)c2ccccc2C1=O.C[C@H](CN)CNC(=O)OC(C)(C)C.C[C@H](CO)CNC(=O)OC(C)(C)C.[B].[H-].[Na+]. The molecular weight excluding hydrogens is 878 g/mol. The molecule has 6 amide bonds. The van der Waals surface area contributed by atoms with Crippen molar-refractivity contribution in [2.24, 2.45) is 29.4 Å². The van der Waals surface area contributed by atoms with Crippen LogP contribution in [0.15, 0.2) is 24.3 Å². The quantitative estimate of drug-likeness (QED) is 0.0839. The number of aliphatic hydroxyl groups is 1. The molecule has 1 aliphatic heterocycles. The first kappa shape index (κ1) is 74.4. The smallest absolute Gasteiger partial charge is 1.00 e. The molecule has 0 unspecified atom stereocenters. The van der Waals surface area contributed by atoms with Crippen LogP contribution in [0.5, 0.6) is 0 Å². The number of carboxylic acid groups (broad SMARTS) is 1. The maximum Gasteiger partial charge on any atom is 1.00 e. The first-order valence-electron chi connectivity index (χ1n) is 21.0. The molecule has 0 spiro atoms. The van der Waals surface area contributed by atoms with Crippen molar-refractivity contribution in [3.8, 4) is 0 Å². The second-order valence-electron chi connectivity index (χ2n) is 19.3. The molecule has 383 valence electrons. The Morgan fingerprint density at radius 1 is 0.597 bits per heavy atom. The number of carboxylic acids is 1. The van der Waals surface area contributed by atoms with Crippen molar-refractivity contribution in [2.75, 3.05) is 45.9 Å². The van der Waals surface area contributed by atoms with E-state index in [1.54, 1.807) is 65.8 Å². The Bertz CT molecular complexity index is 1560. The first-order valence-corrected chi connectivity index (χ1v) is 21.0. The number of ether oxygens (including phenoxy) is 4.